The molecular formula is C17H20N4O5. The van der Waals surface area contributed by atoms with Gasteiger partial charge in [-0.1, -0.05) is 41.6 Å². The first-order chi connectivity index (χ1) is 12.6. The van der Waals surface area contributed by atoms with Gasteiger partial charge in [-0.2, -0.15) is 0 Å². The second kappa shape index (κ2) is 6.76. The van der Waals surface area contributed by atoms with Crippen molar-refractivity contribution in [1.29, 1.82) is 0 Å². The van der Waals surface area contributed by atoms with E-state index in [1.54, 1.807) is 11.0 Å². The topological polar surface area (TPSA) is 118 Å². The minimum absolute atomic E-state index is 0.169. The van der Waals surface area contributed by atoms with Gasteiger partial charge in [-0.3, -0.25) is 4.79 Å². The Morgan fingerprint density at radius 1 is 1.15 bits per heavy atom. The molecule has 0 bridgehead atoms. The summed E-state index contributed by atoms with van der Waals surface area (Å²) in [5, 5.41) is 39.1. The summed E-state index contributed by atoms with van der Waals surface area (Å²) in [6.07, 6.45) is -1.71. The first-order valence-corrected chi connectivity index (χ1v) is 8.44. The zero-order valence-electron chi connectivity index (χ0n) is 13.9. The van der Waals surface area contributed by atoms with Crippen LogP contribution in [-0.2, 0) is 16.1 Å². The molecule has 1 aromatic carbocycles. The van der Waals surface area contributed by atoms with E-state index in [2.05, 4.69) is 10.3 Å². The van der Waals surface area contributed by atoms with Gasteiger partial charge < -0.3 is 25.0 Å². The fraction of sp³-hybridized carbons (Fsp3) is 0.471. The number of amides is 1. The van der Waals surface area contributed by atoms with Crippen LogP contribution in [-0.4, -0.2) is 74.5 Å². The Hall–Kier alpha value is -2.33. The molecule has 3 heterocycles. The largest absolute Gasteiger partial charge is 0.394 e. The van der Waals surface area contributed by atoms with E-state index in [1.165, 1.54) is 11.1 Å². The van der Waals surface area contributed by atoms with Gasteiger partial charge in [0.1, 0.15) is 24.4 Å². The Morgan fingerprint density at radius 3 is 2.62 bits per heavy atom. The van der Waals surface area contributed by atoms with Crippen molar-refractivity contribution in [3.05, 3.63) is 48.0 Å². The van der Waals surface area contributed by atoms with E-state index in [-0.39, 0.29) is 5.91 Å². The van der Waals surface area contributed by atoms with Gasteiger partial charge in [-0.15, -0.1) is 5.11 Å². The molecule has 3 aliphatic heterocycles. The molecule has 0 radical (unpaired) electrons. The Bertz CT molecular complexity index is 727. The molecule has 1 fully saturated rings. The maximum Gasteiger partial charge on any atom is 0.248 e. The molecule has 1 saturated heterocycles. The molecule has 0 aliphatic carbocycles. The van der Waals surface area contributed by atoms with E-state index in [9.17, 15) is 20.1 Å². The maximum absolute atomic E-state index is 12.3. The number of nitrogens with zero attached hydrogens (tertiary/aromatic N) is 4. The van der Waals surface area contributed by atoms with E-state index in [0.29, 0.717) is 6.54 Å². The van der Waals surface area contributed by atoms with Crippen molar-refractivity contribution >= 4 is 5.91 Å². The zero-order chi connectivity index (χ0) is 18.3. The van der Waals surface area contributed by atoms with Crippen LogP contribution in [0.1, 0.15) is 5.56 Å². The van der Waals surface area contributed by atoms with Crippen LogP contribution in [0.5, 0.6) is 0 Å². The number of ether oxygens (including phenoxy) is 1. The maximum atomic E-state index is 12.3. The Morgan fingerprint density at radius 2 is 1.92 bits per heavy atom. The molecule has 3 N–H and O–H groups in total. The molecule has 1 amide bonds. The summed E-state index contributed by atoms with van der Waals surface area (Å²) in [6.45, 7) is -0.0315. The predicted molar refractivity (Wildman–Crippen MR) is 88.2 cm³/mol. The van der Waals surface area contributed by atoms with Crippen molar-refractivity contribution < 1.29 is 24.9 Å². The monoisotopic (exact) mass is 360 g/mol. The van der Waals surface area contributed by atoms with Crippen LogP contribution >= 0.6 is 0 Å². The summed E-state index contributed by atoms with van der Waals surface area (Å²) >= 11 is 0. The summed E-state index contributed by atoms with van der Waals surface area (Å²) in [5.74, 6) is -0.169. The van der Waals surface area contributed by atoms with E-state index in [4.69, 9.17) is 4.74 Å². The minimum atomic E-state index is -1.24. The lowest BCUT2D eigenvalue weighted by Crippen LogP contribution is -2.53. The molecule has 3 aliphatic rings. The van der Waals surface area contributed by atoms with Crippen LogP contribution in [0.15, 0.2) is 52.8 Å². The van der Waals surface area contributed by atoms with E-state index >= 15 is 0 Å². The highest BCUT2D eigenvalue weighted by Crippen LogP contribution is 2.33. The van der Waals surface area contributed by atoms with Gasteiger partial charge in [0, 0.05) is 12.6 Å². The number of aliphatic hydroxyl groups excluding tert-OH is 3. The van der Waals surface area contributed by atoms with Gasteiger partial charge in [0.05, 0.1) is 6.61 Å². The average Bonchev–Trinajstić information content (AvgIpc) is 3.20. The van der Waals surface area contributed by atoms with Gasteiger partial charge in [-0.25, -0.2) is 5.01 Å². The molecule has 26 heavy (non-hydrogen) atoms. The van der Waals surface area contributed by atoms with Gasteiger partial charge >= 0.3 is 0 Å². The molecule has 4 rings (SSSR count). The number of benzene rings is 1. The highest BCUT2D eigenvalue weighted by Gasteiger charge is 2.51. The molecule has 0 unspecified atom stereocenters. The fourth-order valence-electron chi connectivity index (χ4n) is 3.49. The Balaban J connectivity index is 1.54. The van der Waals surface area contributed by atoms with Crippen molar-refractivity contribution in [3.8, 4) is 0 Å². The quantitative estimate of drug-likeness (QED) is 0.660. The lowest BCUT2D eigenvalue weighted by molar-refractivity contribution is -0.133. The number of carbonyl (C=O) groups is 1. The normalized spacial score (nSPS) is 36.0. The second-order valence-electron chi connectivity index (χ2n) is 6.53. The van der Waals surface area contributed by atoms with Crippen LogP contribution in [0.25, 0.3) is 0 Å². The van der Waals surface area contributed by atoms with E-state index in [1.807, 2.05) is 30.3 Å². The first kappa shape index (κ1) is 17.1. The number of hydrogen-bond donors (Lipinski definition) is 3. The van der Waals surface area contributed by atoms with Gasteiger partial charge in [0.2, 0.25) is 5.91 Å². The summed E-state index contributed by atoms with van der Waals surface area (Å²) in [7, 11) is 0. The van der Waals surface area contributed by atoms with Crippen molar-refractivity contribution in [1.82, 2.24) is 9.91 Å². The summed E-state index contributed by atoms with van der Waals surface area (Å²) in [6, 6.07) is 9.15. The van der Waals surface area contributed by atoms with Crippen LogP contribution in [0.2, 0.25) is 0 Å². The summed E-state index contributed by atoms with van der Waals surface area (Å²) in [4.78, 5) is 14.0. The third kappa shape index (κ3) is 2.78. The predicted octanol–water partition coefficient (Wildman–Crippen LogP) is -0.599. The first-order valence-electron chi connectivity index (χ1n) is 8.44. The average molecular weight is 360 g/mol. The van der Waals surface area contributed by atoms with Crippen LogP contribution in [0.3, 0.4) is 0 Å². The third-order valence-corrected chi connectivity index (χ3v) is 4.90. The van der Waals surface area contributed by atoms with Crippen molar-refractivity contribution in [2.75, 3.05) is 6.61 Å². The number of fused-ring (bicyclic) bond motifs is 1. The molecule has 9 nitrogen and oxygen atoms in total. The molecule has 0 spiro atoms. The lowest BCUT2D eigenvalue weighted by Gasteiger charge is -2.36. The van der Waals surface area contributed by atoms with E-state index < -0.39 is 43.4 Å². The minimum Gasteiger partial charge on any atom is -0.394 e. The highest BCUT2D eigenvalue weighted by atomic mass is 16.6. The molecule has 0 aromatic heterocycles. The Labute approximate surface area is 149 Å². The van der Waals surface area contributed by atoms with Crippen molar-refractivity contribution in [3.63, 3.8) is 0 Å². The highest BCUT2D eigenvalue weighted by molar-refractivity contribution is 5.89. The Kier molecular flexibility index (Phi) is 4.45. The van der Waals surface area contributed by atoms with Crippen LogP contribution < -0.4 is 0 Å². The smallest absolute Gasteiger partial charge is 0.248 e. The molecule has 9 heteroatoms. The molecular weight excluding hydrogens is 340 g/mol. The molecule has 1 aromatic rings. The van der Waals surface area contributed by atoms with Crippen LogP contribution in [0.4, 0.5) is 0 Å². The number of hydrogen-bond acceptors (Lipinski definition) is 8. The summed E-state index contributed by atoms with van der Waals surface area (Å²) in [5.41, 5.74) is 0.969. The number of aliphatic hydroxyl groups is 3. The van der Waals surface area contributed by atoms with Gasteiger partial charge in [0.25, 0.3) is 0 Å². The lowest BCUT2D eigenvalue weighted by atomic mass is 10.1. The van der Waals surface area contributed by atoms with Crippen LogP contribution in [0, 0.1) is 0 Å². The molecule has 138 valence electrons. The number of carbonyl (C=O) groups excluding carboxylic acids is 1. The van der Waals surface area contributed by atoms with Crippen molar-refractivity contribution in [2.24, 2.45) is 10.3 Å². The zero-order valence-corrected chi connectivity index (χ0v) is 13.9. The van der Waals surface area contributed by atoms with Gasteiger partial charge in [0.15, 0.2) is 12.4 Å². The van der Waals surface area contributed by atoms with Crippen molar-refractivity contribution in [2.45, 2.75) is 43.3 Å². The fourth-order valence-corrected chi connectivity index (χ4v) is 3.49. The number of rotatable bonds is 4. The molecule has 6 atom stereocenters. The van der Waals surface area contributed by atoms with Gasteiger partial charge in [-0.05, 0) is 5.56 Å². The SMILES string of the molecule is O=C1C=C[C@@H]2[C@H](N=NN2[C@@H]2O[C@H](CO)[C@@H](O)[C@H]2O)N1Cc1ccccc1. The van der Waals surface area contributed by atoms with E-state index in [0.717, 1.165) is 5.56 Å². The standard InChI is InChI=1S/C17H20N4O5/c22-9-12-14(24)15(25)17(26-12)21-11-6-7-13(23)20(16(11)18-19-21)8-10-4-2-1-3-5-10/h1-7,11-12,14-17,22,24-25H,8-9H2/t11-,12-,14-,15-,16-,17-/m1/s1. The molecule has 0 saturated carbocycles. The second-order valence-corrected chi connectivity index (χ2v) is 6.53. The third-order valence-electron chi connectivity index (χ3n) is 4.90. The summed E-state index contributed by atoms with van der Waals surface area (Å²) < 4.78 is 5.53.